The monoisotopic (exact) mass is 573 g/mol. The quantitative estimate of drug-likeness (QED) is 0.340. The number of hydrogen-bond acceptors (Lipinski definition) is 9. The Kier molecular flexibility index (Phi) is 6.95. The fourth-order valence-corrected chi connectivity index (χ4v) is 5.77. The van der Waals surface area contributed by atoms with Crippen LogP contribution in [0.4, 0.5) is 10.2 Å². The van der Waals surface area contributed by atoms with E-state index in [1.165, 1.54) is 21.4 Å². The number of hydrogen-bond donors (Lipinski definition) is 0. The van der Waals surface area contributed by atoms with Gasteiger partial charge in [0.1, 0.15) is 17.3 Å². The van der Waals surface area contributed by atoms with E-state index in [0.717, 1.165) is 0 Å². The van der Waals surface area contributed by atoms with Crippen LogP contribution in [0.3, 0.4) is 0 Å². The molecule has 2 aliphatic heterocycles. The lowest BCUT2D eigenvalue weighted by atomic mass is 10.1. The van der Waals surface area contributed by atoms with E-state index in [9.17, 15) is 9.59 Å². The van der Waals surface area contributed by atoms with Gasteiger partial charge in [-0.15, -0.1) is 5.10 Å². The minimum absolute atomic E-state index is 0.0684. The molecule has 1 fully saturated rings. The highest BCUT2D eigenvalue weighted by molar-refractivity contribution is 5.90. The molecule has 12 nitrogen and oxygen atoms in total. The van der Waals surface area contributed by atoms with E-state index in [1.807, 2.05) is 32.6 Å². The lowest BCUT2D eigenvalue weighted by Gasteiger charge is -2.44. The summed E-state index contributed by atoms with van der Waals surface area (Å²) in [5.41, 5.74) is 1.29. The molecule has 0 saturated carbocycles. The number of ether oxygens (including phenoxy) is 1. The average Bonchev–Trinajstić information content (AvgIpc) is 3.43. The molecule has 0 spiro atoms. The molecule has 0 aromatic carbocycles. The Morgan fingerprint density at radius 2 is 2.00 bits per heavy atom. The van der Waals surface area contributed by atoms with Crippen LogP contribution in [0.25, 0.3) is 22.5 Å². The molecule has 4 aromatic heterocycles. The van der Waals surface area contributed by atoms with Crippen LogP contribution in [0.15, 0.2) is 42.0 Å². The predicted molar refractivity (Wildman–Crippen MR) is 154 cm³/mol. The van der Waals surface area contributed by atoms with Gasteiger partial charge in [0, 0.05) is 37.4 Å². The Morgan fingerprint density at radius 1 is 1.19 bits per heavy atom. The summed E-state index contributed by atoms with van der Waals surface area (Å²) < 4.78 is 24.9. The lowest BCUT2D eigenvalue weighted by molar-refractivity contribution is -0.128. The van der Waals surface area contributed by atoms with Gasteiger partial charge in [-0.2, -0.15) is 9.67 Å². The van der Waals surface area contributed by atoms with Crippen molar-refractivity contribution in [2.24, 2.45) is 0 Å². The van der Waals surface area contributed by atoms with Gasteiger partial charge in [0.05, 0.1) is 29.6 Å². The zero-order valence-corrected chi connectivity index (χ0v) is 24.0. The molecule has 6 rings (SSSR count). The van der Waals surface area contributed by atoms with E-state index in [2.05, 4.69) is 26.9 Å². The van der Waals surface area contributed by atoms with Gasteiger partial charge in [0.15, 0.2) is 17.3 Å². The number of pyridine rings is 2. The minimum Gasteiger partial charge on any atom is -0.491 e. The number of fused-ring (bicyclic) bond motifs is 5. The molecule has 42 heavy (non-hydrogen) atoms. The molecule has 13 heteroatoms. The first-order chi connectivity index (χ1) is 20.2. The van der Waals surface area contributed by atoms with Crippen molar-refractivity contribution in [1.29, 1.82) is 0 Å². The summed E-state index contributed by atoms with van der Waals surface area (Å²) in [7, 11) is 0. The number of nitrogens with zero attached hydrogens (tertiary/aromatic N) is 9. The molecule has 2 aliphatic rings. The van der Waals surface area contributed by atoms with E-state index in [4.69, 9.17) is 9.72 Å². The second kappa shape index (κ2) is 10.6. The van der Waals surface area contributed by atoms with Crippen molar-refractivity contribution >= 4 is 22.8 Å². The Bertz CT molecular complexity index is 1770. The molecule has 4 aromatic rings. The standard InChI is InChI=1S/C29H32FN9O3/c1-6-23(40)36-14-18(5)37(15-17(36)4)26-20-12-21(30)28-33-27(20)38(29(41)34-26)25-22(9-10-31-24(25)16(2)3)42-11-7-8-19-13-32-35-39(19)28/h6,9-10,12-13,16-18H,1,7-8,11,14-15H2,2-5H3/t17-,18+/m1/s1. The molecule has 0 N–H and O–H groups in total. The summed E-state index contributed by atoms with van der Waals surface area (Å²) in [6.07, 6.45) is 5.65. The van der Waals surface area contributed by atoms with Crippen LogP contribution in [0.2, 0.25) is 0 Å². The normalized spacial score (nSPS) is 18.7. The third kappa shape index (κ3) is 4.48. The summed E-state index contributed by atoms with van der Waals surface area (Å²) in [5, 5.41) is 8.44. The Balaban J connectivity index is 1.66. The van der Waals surface area contributed by atoms with E-state index in [0.29, 0.717) is 60.7 Å². The largest absolute Gasteiger partial charge is 0.491 e. The van der Waals surface area contributed by atoms with Crippen molar-refractivity contribution in [3.63, 3.8) is 0 Å². The maximum atomic E-state index is 16.0. The maximum absolute atomic E-state index is 16.0. The van der Waals surface area contributed by atoms with Gasteiger partial charge < -0.3 is 14.5 Å². The van der Waals surface area contributed by atoms with Gasteiger partial charge in [-0.05, 0) is 44.7 Å². The van der Waals surface area contributed by atoms with Gasteiger partial charge in [0.2, 0.25) is 5.91 Å². The second-order valence-electron chi connectivity index (χ2n) is 11.1. The number of amides is 1. The fourth-order valence-electron chi connectivity index (χ4n) is 5.77. The highest BCUT2D eigenvalue weighted by atomic mass is 19.1. The number of anilines is 1. The molecule has 0 radical (unpaired) electrons. The van der Waals surface area contributed by atoms with Gasteiger partial charge >= 0.3 is 5.69 Å². The van der Waals surface area contributed by atoms with Crippen LogP contribution in [0, 0.1) is 5.82 Å². The van der Waals surface area contributed by atoms with E-state index in [1.54, 1.807) is 23.4 Å². The smallest absolute Gasteiger partial charge is 0.356 e. The van der Waals surface area contributed by atoms with Crippen LogP contribution in [0.5, 0.6) is 5.75 Å². The van der Waals surface area contributed by atoms with Crippen LogP contribution in [0.1, 0.15) is 51.4 Å². The molecule has 1 saturated heterocycles. The van der Waals surface area contributed by atoms with E-state index in [-0.39, 0.29) is 41.2 Å². The summed E-state index contributed by atoms with van der Waals surface area (Å²) in [6.45, 7) is 12.5. The second-order valence-corrected chi connectivity index (χ2v) is 11.1. The van der Waals surface area contributed by atoms with Crippen LogP contribution in [-0.4, -0.2) is 77.1 Å². The van der Waals surface area contributed by atoms with Crippen molar-refractivity contribution in [3.05, 3.63) is 64.9 Å². The maximum Gasteiger partial charge on any atom is 0.356 e. The number of aryl methyl sites for hydroxylation is 1. The van der Waals surface area contributed by atoms with Crippen molar-refractivity contribution in [1.82, 2.24) is 39.4 Å². The SMILES string of the molecule is C=CC(=O)N1C[C@H](C)N(c2nc(=O)n3c4nc(c(F)cc24)-n2nncc2CCCOc2ccnc(C(C)C)c2-3)C[C@H]1C. The summed E-state index contributed by atoms with van der Waals surface area (Å²) in [5.74, 6) is -0.192. The number of halogens is 1. The van der Waals surface area contributed by atoms with E-state index < -0.39 is 11.5 Å². The third-order valence-electron chi connectivity index (χ3n) is 7.84. The summed E-state index contributed by atoms with van der Waals surface area (Å²) in [4.78, 5) is 44.1. The van der Waals surface area contributed by atoms with Crippen LogP contribution >= 0.6 is 0 Å². The molecule has 218 valence electrons. The van der Waals surface area contributed by atoms with Crippen molar-refractivity contribution in [2.75, 3.05) is 24.6 Å². The zero-order valence-electron chi connectivity index (χ0n) is 24.0. The first kappa shape index (κ1) is 27.5. The molecule has 1 amide bonds. The van der Waals surface area contributed by atoms with Crippen molar-refractivity contribution < 1.29 is 13.9 Å². The number of carbonyl (C=O) groups is 1. The fraction of sp³-hybridized carbons (Fsp3) is 0.414. The molecule has 2 atom stereocenters. The number of rotatable bonds is 3. The number of piperazine rings is 1. The van der Waals surface area contributed by atoms with Gasteiger partial charge in [-0.3, -0.25) is 9.78 Å². The number of aromatic nitrogens is 7. The predicted octanol–water partition coefficient (Wildman–Crippen LogP) is 2.96. The third-order valence-corrected chi connectivity index (χ3v) is 7.84. The molecular formula is C29H32FN9O3. The topological polar surface area (TPSA) is 124 Å². The molecule has 0 unspecified atom stereocenters. The van der Waals surface area contributed by atoms with Crippen molar-refractivity contribution in [2.45, 2.75) is 58.5 Å². The van der Waals surface area contributed by atoms with Crippen molar-refractivity contribution in [3.8, 4) is 17.3 Å². The number of carbonyl (C=O) groups excluding carboxylic acids is 1. The highest BCUT2D eigenvalue weighted by Crippen LogP contribution is 2.35. The highest BCUT2D eigenvalue weighted by Gasteiger charge is 2.34. The summed E-state index contributed by atoms with van der Waals surface area (Å²) >= 11 is 0. The summed E-state index contributed by atoms with van der Waals surface area (Å²) in [6, 6.07) is 2.63. The van der Waals surface area contributed by atoms with E-state index >= 15 is 4.39 Å². The molecule has 0 aliphatic carbocycles. The van der Waals surface area contributed by atoms with Gasteiger partial charge in [-0.1, -0.05) is 25.6 Å². The molecule has 2 bridgehead atoms. The lowest BCUT2D eigenvalue weighted by Crippen LogP contribution is -2.58. The average molecular weight is 574 g/mol. The van der Waals surface area contributed by atoms with Gasteiger partial charge in [-0.25, -0.2) is 18.7 Å². The Morgan fingerprint density at radius 3 is 2.76 bits per heavy atom. The first-order valence-corrected chi connectivity index (χ1v) is 14.0. The van der Waals surface area contributed by atoms with Crippen LogP contribution < -0.4 is 15.3 Å². The zero-order chi connectivity index (χ0) is 29.7. The minimum atomic E-state index is -0.632. The Labute approximate surface area is 241 Å². The van der Waals surface area contributed by atoms with Crippen LogP contribution in [-0.2, 0) is 11.2 Å². The first-order valence-electron chi connectivity index (χ1n) is 14.0. The van der Waals surface area contributed by atoms with Gasteiger partial charge in [0.25, 0.3) is 0 Å². The Hall–Kier alpha value is -4.68. The molecule has 6 heterocycles. The molecular weight excluding hydrogens is 541 g/mol.